The highest BCUT2D eigenvalue weighted by molar-refractivity contribution is 7.89. The number of rotatable bonds is 5. The molecule has 3 rings (SSSR count). The van der Waals surface area contributed by atoms with E-state index in [1.807, 2.05) is 4.90 Å². The van der Waals surface area contributed by atoms with Gasteiger partial charge >= 0.3 is 0 Å². The van der Waals surface area contributed by atoms with Crippen LogP contribution in [0.3, 0.4) is 0 Å². The Balaban J connectivity index is 1.60. The molecule has 1 fully saturated rings. The predicted octanol–water partition coefficient (Wildman–Crippen LogP) is 4.25. The number of para-hydroxylation sites is 1. The van der Waals surface area contributed by atoms with Crippen LogP contribution in [-0.2, 0) is 14.8 Å². The van der Waals surface area contributed by atoms with Gasteiger partial charge in [0, 0.05) is 31.2 Å². The second kappa shape index (κ2) is 9.39. The molecule has 1 saturated heterocycles. The largest absolute Gasteiger partial charge is 0.322 e. The monoisotopic (exact) mass is 495 g/mol. The molecule has 156 valence electrons. The average Bonchev–Trinajstić information content (AvgIpc) is 2.67. The van der Waals surface area contributed by atoms with E-state index in [-0.39, 0.29) is 35.5 Å². The van der Waals surface area contributed by atoms with Crippen molar-refractivity contribution in [3.05, 3.63) is 56.5 Å². The lowest BCUT2D eigenvalue weighted by Gasteiger charge is -2.33. The lowest BCUT2D eigenvalue weighted by molar-refractivity contribution is -0.117. The molecule has 1 amide bonds. The zero-order valence-corrected chi connectivity index (χ0v) is 18.9. The molecule has 0 radical (unpaired) electrons. The second-order valence-corrected chi connectivity index (χ2v) is 9.96. The summed E-state index contributed by atoms with van der Waals surface area (Å²) < 4.78 is 27.1. The standard InChI is InChI=1S/C18H17Cl4N3O3S/c19-12-4-5-13(20)16(10-12)29(27,28)25-8-6-24(7-9-25)11-17(26)23-18-14(21)2-1-3-15(18)22/h1-5,10H,6-9,11H2,(H,23,26). The summed E-state index contributed by atoms with van der Waals surface area (Å²) in [6, 6.07) is 9.28. The first kappa shape index (κ1) is 22.6. The van der Waals surface area contributed by atoms with Gasteiger partial charge in [-0.15, -0.1) is 0 Å². The molecule has 0 bridgehead atoms. The van der Waals surface area contributed by atoms with Crippen molar-refractivity contribution in [1.29, 1.82) is 0 Å². The molecule has 0 spiro atoms. The van der Waals surface area contributed by atoms with Gasteiger partial charge in [0.15, 0.2) is 0 Å². The van der Waals surface area contributed by atoms with Gasteiger partial charge < -0.3 is 5.32 Å². The molecule has 1 aliphatic rings. The summed E-state index contributed by atoms with van der Waals surface area (Å²) in [7, 11) is -3.77. The maximum atomic E-state index is 12.9. The topological polar surface area (TPSA) is 69.7 Å². The normalized spacial score (nSPS) is 16.0. The van der Waals surface area contributed by atoms with Crippen LogP contribution >= 0.6 is 46.4 Å². The molecule has 0 aliphatic carbocycles. The highest BCUT2D eigenvalue weighted by Gasteiger charge is 2.30. The summed E-state index contributed by atoms with van der Waals surface area (Å²) in [5.41, 5.74) is 0.359. The summed E-state index contributed by atoms with van der Waals surface area (Å²) in [6.45, 7) is 1.33. The minimum absolute atomic E-state index is 0.0220. The number of amides is 1. The molecule has 1 N–H and O–H groups in total. The Kier molecular flexibility index (Phi) is 7.32. The molecular weight excluding hydrogens is 480 g/mol. The number of hydrogen-bond donors (Lipinski definition) is 1. The fraction of sp³-hybridized carbons (Fsp3) is 0.278. The average molecular weight is 497 g/mol. The van der Waals surface area contributed by atoms with Crippen LogP contribution in [0.1, 0.15) is 0 Å². The van der Waals surface area contributed by atoms with Crippen molar-refractivity contribution < 1.29 is 13.2 Å². The minimum Gasteiger partial charge on any atom is -0.322 e. The number of carbonyl (C=O) groups excluding carboxylic acids is 1. The van der Waals surface area contributed by atoms with Gasteiger partial charge in [0.05, 0.1) is 27.3 Å². The van der Waals surface area contributed by atoms with Gasteiger partial charge in [-0.2, -0.15) is 4.31 Å². The molecular formula is C18H17Cl4N3O3S. The van der Waals surface area contributed by atoms with Crippen LogP contribution in [0.2, 0.25) is 20.1 Å². The van der Waals surface area contributed by atoms with E-state index in [1.54, 1.807) is 18.2 Å². The van der Waals surface area contributed by atoms with Crippen LogP contribution in [0.25, 0.3) is 0 Å². The van der Waals surface area contributed by atoms with Crippen molar-refractivity contribution in [1.82, 2.24) is 9.21 Å². The Bertz CT molecular complexity index is 1000. The third-order valence-electron chi connectivity index (χ3n) is 4.44. The van der Waals surface area contributed by atoms with Gasteiger partial charge in [-0.25, -0.2) is 8.42 Å². The van der Waals surface area contributed by atoms with Crippen molar-refractivity contribution in [3.8, 4) is 0 Å². The van der Waals surface area contributed by atoms with Crippen LogP contribution in [0.15, 0.2) is 41.3 Å². The minimum atomic E-state index is -3.77. The quantitative estimate of drug-likeness (QED) is 0.671. The van der Waals surface area contributed by atoms with Crippen molar-refractivity contribution in [2.45, 2.75) is 4.90 Å². The third kappa shape index (κ3) is 5.35. The number of piperazine rings is 1. The fourth-order valence-corrected chi connectivity index (χ4v) is 5.59. The van der Waals surface area contributed by atoms with Crippen LogP contribution in [0.4, 0.5) is 5.69 Å². The number of nitrogens with one attached hydrogen (secondary N) is 1. The molecule has 0 unspecified atom stereocenters. The van der Waals surface area contributed by atoms with Crippen molar-refractivity contribution in [2.24, 2.45) is 0 Å². The first-order valence-corrected chi connectivity index (χ1v) is 11.5. The Morgan fingerprint density at radius 1 is 0.931 bits per heavy atom. The van der Waals surface area contributed by atoms with Gasteiger partial charge in [0.1, 0.15) is 4.90 Å². The Hall–Kier alpha value is -1.06. The van der Waals surface area contributed by atoms with Crippen molar-refractivity contribution in [3.63, 3.8) is 0 Å². The molecule has 2 aromatic rings. The van der Waals surface area contributed by atoms with E-state index in [1.165, 1.54) is 22.5 Å². The van der Waals surface area contributed by atoms with Gasteiger partial charge in [0.2, 0.25) is 15.9 Å². The number of benzene rings is 2. The molecule has 29 heavy (non-hydrogen) atoms. The second-order valence-electron chi connectivity index (χ2n) is 6.40. The van der Waals surface area contributed by atoms with Gasteiger partial charge in [-0.05, 0) is 30.3 Å². The van der Waals surface area contributed by atoms with E-state index < -0.39 is 10.0 Å². The third-order valence-corrected chi connectivity index (χ3v) is 7.68. The summed E-state index contributed by atoms with van der Waals surface area (Å²) in [4.78, 5) is 14.2. The van der Waals surface area contributed by atoms with Gasteiger partial charge in [-0.1, -0.05) is 52.5 Å². The summed E-state index contributed by atoms with van der Waals surface area (Å²) in [6.07, 6.45) is 0. The number of sulfonamides is 1. The molecule has 0 saturated carbocycles. The first-order valence-electron chi connectivity index (χ1n) is 8.60. The zero-order chi connectivity index (χ0) is 21.2. The molecule has 6 nitrogen and oxygen atoms in total. The van der Waals surface area contributed by atoms with Crippen LogP contribution < -0.4 is 5.32 Å². The lowest BCUT2D eigenvalue weighted by atomic mass is 10.3. The van der Waals surface area contributed by atoms with Crippen LogP contribution in [0, 0.1) is 0 Å². The number of carbonyl (C=O) groups is 1. The first-order chi connectivity index (χ1) is 13.7. The van der Waals surface area contributed by atoms with Gasteiger partial charge in [0.25, 0.3) is 0 Å². The highest BCUT2D eigenvalue weighted by atomic mass is 35.5. The smallest absolute Gasteiger partial charge is 0.244 e. The number of hydrogen-bond acceptors (Lipinski definition) is 4. The summed E-state index contributed by atoms with van der Waals surface area (Å²) in [5, 5.41) is 3.80. The number of halogens is 4. The SMILES string of the molecule is O=C(CN1CCN(S(=O)(=O)c2cc(Cl)ccc2Cl)CC1)Nc1c(Cl)cccc1Cl. The lowest BCUT2D eigenvalue weighted by Crippen LogP contribution is -2.50. The maximum absolute atomic E-state index is 12.9. The fourth-order valence-electron chi connectivity index (χ4n) is 2.94. The molecule has 1 aliphatic heterocycles. The number of anilines is 1. The Labute approximate surface area is 189 Å². The zero-order valence-electron chi connectivity index (χ0n) is 15.0. The predicted molar refractivity (Wildman–Crippen MR) is 117 cm³/mol. The van der Waals surface area contributed by atoms with Gasteiger partial charge in [-0.3, -0.25) is 9.69 Å². The molecule has 0 aromatic heterocycles. The number of nitrogens with zero attached hydrogens (tertiary/aromatic N) is 2. The van der Waals surface area contributed by atoms with Crippen molar-refractivity contribution in [2.75, 3.05) is 38.0 Å². The summed E-state index contributed by atoms with van der Waals surface area (Å²) >= 11 is 24.1. The van der Waals surface area contributed by atoms with E-state index in [0.717, 1.165) is 0 Å². The van der Waals surface area contributed by atoms with E-state index in [0.29, 0.717) is 33.8 Å². The molecule has 0 atom stereocenters. The van der Waals surface area contributed by atoms with Crippen LogP contribution in [-0.4, -0.2) is 56.3 Å². The van der Waals surface area contributed by atoms with E-state index in [4.69, 9.17) is 46.4 Å². The Morgan fingerprint density at radius 2 is 1.55 bits per heavy atom. The highest BCUT2D eigenvalue weighted by Crippen LogP contribution is 2.30. The van der Waals surface area contributed by atoms with Crippen LogP contribution in [0.5, 0.6) is 0 Å². The molecule has 1 heterocycles. The maximum Gasteiger partial charge on any atom is 0.244 e. The van der Waals surface area contributed by atoms with E-state index in [2.05, 4.69) is 5.32 Å². The van der Waals surface area contributed by atoms with E-state index in [9.17, 15) is 13.2 Å². The van der Waals surface area contributed by atoms with Crippen molar-refractivity contribution >= 4 is 68.0 Å². The Morgan fingerprint density at radius 3 is 2.17 bits per heavy atom. The summed E-state index contributed by atoms with van der Waals surface area (Å²) in [5.74, 6) is -0.283. The molecule has 11 heteroatoms. The molecule has 2 aromatic carbocycles. The van der Waals surface area contributed by atoms with E-state index >= 15 is 0 Å².